The minimum atomic E-state index is -3.20. The fraction of sp³-hybridized carbons (Fsp3) is 0.167. The second-order valence-corrected chi connectivity index (χ2v) is 5.97. The van der Waals surface area contributed by atoms with Crippen LogP contribution in [-0.4, -0.2) is 24.6 Å². The van der Waals surface area contributed by atoms with Crippen LogP contribution in [-0.2, 0) is 9.84 Å². The monoisotopic (exact) mass is 261 g/mol. The van der Waals surface area contributed by atoms with Gasteiger partial charge in [-0.05, 0) is 19.1 Å². The molecule has 1 aromatic carbocycles. The first-order valence-electron chi connectivity index (χ1n) is 5.19. The van der Waals surface area contributed by atoms with Crippen LogP contribution in [0.5, 0.6) is 0 Å². The van der Waals surface area contributed by atoms with Gasteiger partial charge in [0.1, 0.15) is 11.9 Å². The van der Waals surface area contributed by atoms with Crippen molar-refractivity contribution in [3.05, 3.63) is 35.8 Å². The minimum Gasteiger partial charge on any atom is -0.341 e. The van der Waals surface area contributed by atoms with E-state index in [0.29, 0.717) is 17.2 Å². The zero-order valence-corrected chi connectivity index (χ0v) is 10.7. The van der Waals surface area contributed by atoms with Gasteiger partial charge in [0.2, 0.25) is 0 Å². The van der Waals surface area contributed by atoms with E-state index >= 15 is 0 Å². The first kappa shape index (κ1) is 12.3. The van der Waals surface area contributed by atoms with Crippen LogP contribution >= 0.6 is 0 Å². The molecule has 1 N–H and O–H groups in total. The summed E-state index contributed by atoms with van der Waals surface area (Å²) < 4.78 is 22.7. The summed E-state index contributed by atoms with van der Waals surface area (Å²) in [4.78, 5) is 7.28. The van der Waals surface area contributed by atoms with Crippen molar-refractivity contribution < 1.29 is 8.42 Å². The van der Waals surface area contributed by atoms with E-state index in [9.17, 15) is 8.42 Å². The predicted molar refractivity (Wildman–Crippen MR) is 66.6 cm³/mol. The summed E-state index contributed by atoms with van der Waals surface area (Å²) in [6, 6.07) is 8.34. The molecular formula is C12H11N3O2S. The van der Waals surface area contributed by atoms with Gasteiger partial charge in [-0.2, -0.15) is 5.26 Å². The van der Waals surface area contributed by atoms with Crippen LogP contribution in [0.25, 0.3) is 11.3 Å². The van der Waals surface area contributed by atoms with Gasteiger partial charge in [-0.1, -0.05) is 12.1 Å². The van der Waals surface area contributed by atoms with E-state index in [0.717, 1.165) is 11.8 Å². The molecule has 0 amide bonds. The fourth-order valence-electron chi connectivity index (χ4n) is 1.65. The van der Waals surface area contributed by atoms with Gasteiger partial charge >= 0.3 is 0 Å². The molecule has 0 fully saturated rings. The van der Waals surface area contributed by atoms with Gasteiger partial charge in [-0.3, -0.25) is 0 Å². The third-order valence-electron chi connectivity index (χ3n) is 2.50. The van der Waals surface area contributed by atoms with Crippen molar-refractivity contribution >= 4 is 9.84 Å². The van der Waals surface area contributed by atoms with Crippen molar-refractivity contribution in [2.75, 3.05) is 6.26 Å². The molecule has 2 rings (SSSR count). The molecule has 0 aliphatic carbocycles. The van der Waals surface area contributed by atoms with Gasteiger partial charge in [0.05, 0.1) is 10.6 Å². The molecule has 0 bridgehead atoms. The predicted octanol–water partition coefficient (Wildman–Crippen LogP) is 1.66. The number of hydrogen-bond acceptors (Lipinski definition) is 4. The molecule has 0 saturated carbocycles. The van der Waals surface area contributed by atoms with Gasteiger partial charge in [0.25, 0.3) is 0 Å². The lowest BCUT2D eigenvalue weighted by Crippen LogP contribution is -1.96. The van der Waals surface area contributed by atoms with Crippen LogP contribution < -0.4 is 0 Å². The number of aromatic nitrogens is 2. The molecule has 0 unspecified atom stereocenters. The Bertz CT molecular complexity index is 722. The average molecular weight is 261 g/mol. The van der Waals surface area contributed by atoms with Crippen LogP contribution in [0.15, 0.2) is 29.2 Å². The van der Waals surface area contributed by atoms with Gasteiger partial charge in [-0.15, -0.1) is 0 Å². The number of H-pyrrole nitrogens is 1. The molecule has 18 heavy (non-hydrogen) atoms. The van der Waals surface area contributed by atoms with Gasteiger partial charge < -0.3 is 4.98 Å². The van der Waals surface area contributed by atoms with Gasteiger partial charge in [0.15, 0.2) is 15.5 Å². The zero-order chi connectivity index (χ0) is 13.3. The summed E-state index contributed by atoms with van der Waals surface area (Å²) in [6.07, 6.45) is 1.16. The number of aryl methyl sites for hydroxylation is 1. The van der Waals surface area contributed by atoms with E-state index < -0.39 is 9.84 Å². The van der Waals surface area contributed by atoms with E-state index in [-0.39, 0.29) is 4.90 Å². The Morgan fingerprint density at radius 3 is 2.39 bits per heavy atom. The standard InChI is InChI=1S/C12H11N3O2S/c1-8-14-11(7-13)12(15-8)9-3-5-10(6-4-9)18(2,16)17/h3-6H,1-2H3,(H,14,15). The van der Waals surface area contributed by atoms with E-state index in [4.69, 9.17) is 5.26 Å². The maximum atomic E-state index is 11.3. The van der Waals surface area contributed by atoms with Crippen molar-refractivity contribution in [2.45, 2.75) is 11.8 Å². The molecule has 0 aliphatic rings. The maximum absolute atomic E-state index is 11.3. The number of aromatic amines is 1. The normalized spacial score (nSPS) is 11.2. The van der Waals surface area contributed by atoms with Crippen LogP contribution in [0.4, 0.5) is 0 Å². The molecular weight excluding hydrogens is 250 g/mol. The number of sulfone groups is 1. The van der Waals surface area contributed by atoms with Crippen molar-refractivity contribution in [2.24, 2.45) is 0 Å². The molecule has 1 aromatic heterocycles. The molecule has 0 atom stereocenters. The zero-order valence-electron chi connectivity index (χ0n) is 9.93. The number of nitrogens with one attached hydrogen (secondary N) is 1. The first-order chi connectivity index (χ1) is 8.41. The van der Waals surface area contributed by atoms with Gasteiger partial charge in [-0.25, -0.2) is 13.4 Å². The van der Waals surface area contributed by atoms with Gasteiger partial charge in [0, 0.05) is 11.8 Å². The van der Waals surface area contributed by atoms with Crippen molar-refractivity contribution in [1.82, 2.24) is 9.97 Å². The smallest absolute Gasteiger partial charge is 0.175 e. The number of nitriles is 1. The Balaban J connectivity index is 2.50. The number of benzene rings is 1. The Morgan fingerprint density at radius 1 is 1.28 bits per heavy atom. The highest BCUT2D eigenvalue weighted by Crippen LogP contribution is 2.22. The van der Waals surface area contributed by atoms with Crippen molar-refractivity contribution in [3.8, 4) is 17.3 Å². The van der Waals surface area contributed by atoms with Crippen LogP contribution in [0.1, 0.15) is 11.5 Å². The van der Waals surface area contributed by atoms with E-state index in [1.54, 1.807) is 19.1 Å². The van der Waals surface area contributed by atoms with Crippen LogP contribution in [0.3, 0.4) is 0 Å². The molecule has 0 radical (unpaired) electrons. The molecule has 0 saturated heterocycles. The Hall–Kier alpha value is -2.13. The number of nitrogens with zero attached hydrogens (tertiary/aromatic N) is 2. The summed E-state index contributed by atoms with van der Waals surface area (Å²) in [5, 5.41) is 8.95. The molecule has 1 heterocycles. The molecule has 0 aliphatic heterocycles. The first-order valence-corrected chi connectivity index (χ1v) is 7.08. The van der Waals surface area contributed by atoms with Crippen molar-refractivity contribution in [1.29, 1.82) is 5.26 Å². The molecule has 6 heteroatoms. The van der Waals surface area contributed by atoms with Crippen molar-refractivity contribution in [3.63, 3.8) is 0 Å². The molecule has 92 valence electrons. The number of hydrogen-bond donors (Lipinski definition) is 1. The SMILES string of the molecule is Cc1nc(C#N)c(-c2ccc(S(C)(=O)=O)cc2)[nH]1. The fourth-order valence-corrected chi connectivity index (χ4v) is 2.28. The summed E-state index contributed by atoms with van der Waals surface area (Å²) in [7, 11) is -3.20. The maximum Gasteiger partial charge on any atom is 0.175 e. The minimum absolute atomic E-state index is 0.251. The average Bonchev–Trinajstić information content (AvgIpc) is 2.69. The molecule has 5 nitrogen and oxygen atoms in total. The summed E-state index contributed by atoms with van der Waals surface area (Å²) in [5.41, 5.74) is 1.65. The lowest BCUT2D eigenvalue weighted by molar-refractivity contribution is 0.602. The third-order valence-corrected chi connectivity index (χ3v) is 3.63. The summed E-state index contributed by atoms with van der Waals surface area (Å²) in [5.74, 6) is 0.647. The Morgan fingerprint density at radius 2 is 1.89 bits per heavy atom. The lowest BCUT2D eigenvalue weighted by atomic mass is 10.1. The summed E-state index contributed by atoms with van der Waals surface area (Å²) >= 11 is 0. The molecule has 2 aromatic rings. The topological polar surface area (TPSA) is 86.6 Å². The second kappa shape index (κ2) is 4.27. The Labute approximate surface area is 105 Å². The molecule has 0 spiro atoms. The summed E-state index contributed by atoms with van der Waals surface area (Å²) in [6.45, 7) is 1.76. The highest BCUT2D eigenvalue weighted by molar-refractivity contribution is 7.90. The van der Waals surface area contributed by atoms with Crippen LogP contribution in [0, 0.1) is 18.3 Å². The lowest BCUT2D eigenvalue weighted by Gasteiger charge is -2.01. The van der Waals surface area contributed by atoms with Crippen LogP contribution in [0.2, 0.25) is 0 Å². The van der Waals surface area contributed by atoms with E-state index in [1.165, 1.54) is 12.1 Å². The van der Waals surface area contributed by atoms with E-state index in [2.05, 4.69) is 9.97 Å². The highest BCUT2D eigenvalue weighted by atomic mass is 32.2. The van der Waals surface area contributed by atoms with E-state index in [1.807, 2.05) is 6.07 Å². The number of rotatable bonds is 2. The third kappa shape index (κ3) is 2.26. The Kier molecular flexibility index (Phi) is 2.93. The number of imidazole rings is 1. The largest absolute Gasteiger partial charge is 0.341 e. The second-order valence-electron chi connectivity index (χ2n) is 3.95. The quantitative estimate of drug-likeness (QED) is 0.890. The highest BCUT2D eigenvalue weighted by Gasteiger charge is 2.11.